The van der Waals surface area contributed by atoms with Crippen molar-refractivity contribution in [1.29, 1.82) is 0 Å². The fraction of sp³-hybridized carbons (Fsp3) is 0.360. The van der Waals surface area contributed by atoms with E-state index in [-0.39, 0.29) is 5.91 Å². The van der Waals surface area contributed by atoms with E-state index in [0.29, 0.717) is 12.1 Å². The van der Waals surface area contributed by atoms with Crippen molar-refractivity contribution in [2.24, 2.45) is 0 Å². The normalized spacial score (nSPS) is 18.7. The number of benzene rings is 2. The molecule has 1 fully saturated rings. The molecule has 0 bridgehead atoms. The summed E-state index contributed by atoms with van der Waals surface area (Å²) < 4.78 is 0. The van der Waals surface area contributed by atoms with Gasteiger partial charge in [0.25, 0.3) is 0 Å². The summed E-state index contributed by atoms with van der Waals surface area (Å²) >= 11 is 0. The third kappa shape index (κ3) is 4.90. The first-order valence-corrected chi connectivity index (χ1v) is 10.8. The maximum absolute atomic E-state index is 11.3. The number of carbonyl (C=O) groups excluding carboxylic acids is 1. The lowest BCUT2D eigenvalue weighted by Crippen LogP contribution is -2.39. The van der Waals surface area contributed by atoms with Crippen LogP contribution in [0.25, 0.3) is 10.9 Å². The quantitative estimate of drug-likeness (QED) is 0.626. The number of amides is 1. The molecule has 2 N–H and O–H groups in total. The van der Waals surface area contributed by atoms with E-state index in [1.54, 1.807) is 6.92 Å². The fourth-order valence-corrected chi connectivity index (χ4v) is 4.36. The summed E-state index contributed by atoms with van der Waals surface area (Å²) in [5, 5.41) is 7.90. The van der Waals surface area contributed by atoms with Crippen LogP contribution in [0.1, 0.15) is 38.2 Å². The van der Waals surface area contributed by atoms with E-state index in [0.717, 1.165) is 43.6 Å². The van der Waals surface area contributed by atoms with Crippen LogP contribution in [0.15, 0.2) is 60.7 Å². The van der Waals surface area contributed by atoms with Gasteiger partial charge in [0.1, 0.15) is 5.82 Å². The van der Waals surface area contributed by atoms with Crippen LogP contribution in [-0.4, -0.2) is 30.0 Å². The van der Waals surface area contributed by atoms with Crippen molar-refractivity contribution in [3.8, 4) is 0 Å². The topological polar surface area (TPSA) is 57.3 Å². The van der Waals surface area contributed by atoms with E-state index >= 15 is 0 Å². The Bertz CT molecular complexity index is 996. The van der Waals surface area contributed by atoms with E-state index in [2.05, 4.69) is 71.1 Å². The van der Waals surface area contributed by atoms with Crippen molar-refractivity contribution in [3.05, 3.63) is 66.2 Å². The van der Waals surface area contributed by atoms with Gasteiger partial charge in [-0.15, -0.1) is 0 Å². The molecule has 5 heteroatoms. The minimum absolute atomic E-state index is 0.0646. The Morgan fingerprint density at radius 3 is 2.40 bits per heavy atom. The summed E-state index contributed by atoms with van der Waals surface area (Å²) in [6.45, 7) is 2.41. The molecule has 5 nitrogen and oxygen atoms in total. The molecule has 0 unspecified atom stereocenters. The third-order valence-corrected chi connectivity index (χ3v) is 5.89. The zero-order valence-corrected chi connectivity index (χ0v) is 17.8. The van der Waals surface area contributed by atoms with Crippen molar-refractivity contribution in [2.75, 3.05) is 17.3 Å². The summed E-state index contributed by atoms with van der Waals surface area (Å²) in [7, 11) is 2.13. The van der Waals surface area contributed by atoms with Crippen molar-refractivity contribution in [2.45, 2.75) is 51.2 Å². The van der Waals surface area contributed by atoms with Crippen LogP contribution in [0.5, 0.6) is 0 Å². The van der Waals surface area contributed by atoms with Gasteiger partial charge in [0.15, 0.2) is 0 Å². The second-order valence-corrected chi connectivity index (χ2v) is 8.27. The average Bonchev–Trinajstić information content (AvgIpc) is 2.75. The van der Waals surface area contributed by atoms with E-state index in [4.69, 9.17) is 4.98 Å². The molecule has 1 amide bonds. The van der Waals surface area contributed by atoms with Crippen molar-refractivity contribution in [1.82, 2.24) is 10.3 Å². The molecular weight excluding hydrogens is 372 g/mol. The fourth-order valence-electron chi connectivity index (χ4n) is 4.36. The Morgan fingerprint density at radius 2 is 1.67 bits per heavy atom. The van der Waals surface area contributed by atoms with Crippen LogP contribution < -0.4 is 15.5 Å². The molecule has 1 aliphatic carbocycles. The highest BCUT2D eigenvalue weighted by molar-refractivity contribution is 5.84. The molecule has 0 saturated heterocycles. The molecule has 1 saturated carbocycles. The molecule has 4 rings (SSSR count). The van der Waals surface area contributed by atoms with Crippen molar-refractivity contribution < 1.29 is 4.79 Å². The molecular formula is C25H30N4O. The van der Waals surface area contributed by atoms with Crippen LogP contribution in [0.4, 0.5) is 11.5 Å². The summed E-state index contributed by atoms with van der Waals surface area (Å²) in [6.07, 6.45) is 4.10. The largest absolute Gasteiger partial charge is 0.370 e. The second-order valence-electron chi connectivity index (χ2n) is 8.27. The molecule has 156 valence electrons. The van der Waals surface area contributed by atoms with E-state index < -0.39 is 0 Å². The number of nitrogens with one attached hydrogen (secondary N) is 2. The van der Waals surface area contributed by atoms with Gasteiger partial charge >= 0.3 is 0 Å². The molecule has 1 aromatic heterocycles. The smallest absolute Gasteiger partial charge is 0.217 e. The van der Waals surface area contributed by atoms with Crippen molar-refractivity contribution >= 4 is 28.3 Å². The van der Waals surface area contributed by atoms with Gasteiger partial charge in [-0.1, -0.05) is 36.4 Å². The van der Waals surface area contributed by atoms with Crippen LogP contribution in [0.3, 0.4) is 0 Å². The lowest BCUT2D eigenvalue weighted by molar-refractivity contribution is -0.119. The van der Waals surface area contributed by atoms with Crippen LogP contribution in [-0.2, 0) is 11.3 Å². The molecule has 0 radical (unpaired) electrons. The number of hydrogen-bond acceptors (Lipinski definition) is 4. The molecule has 3 aromatic rings. The Balaban J connectivity index is 1.51. The minimum Gasteiger partial charge on any atom is -0.370 e. The molecule has 0 atom stereocenters. The highest BCUT2D eigenvalue weighted by Gasteiger charge is 2.22. The van der Waals surface area contributed by atoms with E-state index in [1.165, 1.54) is 16.6 Å². The SMILES string of the molecule is CC(=O)N[C@H]1CC[C@@H](Nc2cc(CN(C)c3ccccc3)c3ccccc3n2)CC1. The monoisotopic (exact) mass is 402 g/mol. The van der Waals surface area contributed by atoms with E-state index in [9.17, 15) is 4.79 Å². The summed E-state index contributed by atoms with van der Waals surface area (Å²) in [5.74, 6) is 1.00. The molecule has 1 aliphatic rings. The van der Waals surface area contributed by atoms with Gasteiger partial charge < -0.3 is 15.5 Å². The standard InChI is InChI=1S/C25H30N4O/c1-18(30)26-20-12-14-21(15-13-20)27-25-16-19(23-10-6-7-11-24(23)28-25)17-29(2)22-8-4-3-5-9-22/h3-11,16,20-21H,12-15,17H2,1-2H3,(H,26,30)(H,27,28)/t20-,21+. The minimum atomic E-state index is 0.0646. The lowest BCUT2D eigenvalue weighted by Gasteiger charge is -2.30. The van der Waals surface area contributed by atoms with Crippen molar-refractivity contribution in [3.63, 3.8) is 0 Å². The first-order valence-electron chi connectivity index (χ1n) is 10.8. The number of para-hydroxylation sites is 2. The number of anilines is 2. The number of carbonyl (C=O) groups is 1. The first-order chi connectivity index (χ1) is 14.6. The predicted octanol–water partition coefficient (Wildman–Crippen LogP) is 4.73. The zero-order chi connectivity index (χ0) is 20.9. The van der Waals surface area contributed by atoms with Crippen LogP contribution >= 0.6 is 0 Å². The number of nitrogens with zero attached hydrogens (tertiary/aromatic N) is 2. The highest BCUT2D eigenvalue weighted by Crippen LogP contribution is 2.27. The van der Waals surface area contributed by atoms with Gasteiger partial charge in [0.05, 0.1) is 5.52 Å². The molecule has 0 spiro atoms. The highest BCUT2D eigenvalue weighted by atomic mass is 16.1. The summed E-state index contributed by atoms with van der Waals surface area (Å²) in [4.78, 5) is 18.4. The molecule has 2 aromatic carbocycles. The van der Waals surface area contributed by atoms with Gasteiger partial charge in [-0.2, -0.15) is 0 Å². The summed E-state index contributed by atoms with van der Waals surface area (Å²) in [6, 6.07) is 21.7. The molecule has 0 aliphatic heterocycles. The molecule has 30 heavy (non-hydrogen) atoms. The number of pyridine rings is 1. The van der Waals surface area contributed by atoms with Gasteiger partial charge in [-0.25, -0.2) is 4.98 Å². The van der Waals surface area contributed by atoms with Gasteiger partial charge in [0, 0.05) is 43.7 Å². The summed E-state index contributed by atoms with van der Waals surface area (Å²) in [5.41, 5.74) is 3.48. The van der Waals surface area contributed by atoms with Crippen LogP contribution in [0.2, 0.25) is 0 Å². The maximum Gasteiger partial charge on any atom is 0.217 e. The number of aromatic nitrogens is 1. The van der Waals surface area contributed by atoms with Gasteiger partial charge in [0.2, 0.25) is 5.91 Å². The second kappa shape index (κ2) is 9.16. The Labute approximate surface area is 178 Å². The number of hydrogen-bond donors (Lipinski definition) is 2. The Morgan fingerprint density at radius 1 is 1.00 bits per heavy atom. The van der Waals surface area contributed by atoms with E-state index in [1.807, 2.05) is 12.1 Å². The first kappa shape index (κ1) is 20.2. The lowest BCUT2D eigenvalue weighted by atomic mass is 9.91. The van der Waals surface area contributed by atoms with Gasteiger partial charge in [-0.05, 0) is 55.5 Å². The molecule has 1 heterocycles. The zero-order valence-electron chi connectivity index (χ0n) is 17.8. The van der Waals surface area contributed by atoms with Crippen LogP contribution in [0, 0.1) is 0 Å². The predicted molar refractivity (Wildman–Crippen MR) is 124 cm³/mol. The number of rotatable bonds is 6. The third-order valence-electron chi connectivity index (χ3n) is 5.89. The van der Waals surface area contributed by atoms with Gasteiger partial charge in [-0.3, -0.25) is 4.79 Å². The number of fused-ring (bicyclic) bond motifs is 1. The Hall–Kier alpha value is -3.08. The maximum atomic E-state index is 11.3. The Kier molecular flexibility index (Phi) is 6.17. The average molecular weight is 403 g/mol.